The van der Waals surface area contributed by atoms with Gasteiger partial charge in [0.15, 0.2) is 0 Å². The van der Waals surface area contributed by atoms with Crippen LogP contribution < -0.4 is 5.73 Å². The van der Waals surface area contributed by atoms with Crippen LogP contribution in [0.15, 0.2) is 53.4 Å². The Morgan fingerprint density at radius 3 is 2.29 bits per heavy atom. The van der Waals surface area contributed by atoms with E-state index in [-0.39, 0.29) is 4.90 Å². The van der Waals surface area contributed by atoms with Crippen LogP contribution in [0.4, 0.5) is 5.69 Å². The topological polar surface area (TPSA) is 63.4 Å². The van der Waals surface area contributed by atoms with Crippen LogP contribution in [0.3, 0.4) is 0 Å². The van der Waals surface area contributed by atoms with Gasteiger partial charge in [-0.3, -0.25) is 0 Å². The van der Waals surface area contributed by atoms with E-state index in [0.717, 1.165) is 5.56 Å². The predicted octanol–water partition coefficient (Wildman–Crippen LogP) is 2.69. The first-order valence-corrected chi connectivity index (χ1v) is 7.90. The van der Waals surface area contributed by atoms with Gasteiger partial charge in [0, 0.05) is 19.8 Å². The van der Waals surface area contributed by atoms with E-state index in [9.17, 15) is 8.42 Å². The fourth-order valence-electron chi connectivity index (χ4n) is 1.86. The number of nitrogens with two attached hydrogens (primary N) is 1. The summed E-state index contributed by atoms with van der Waals surface area (Å²) in [5.41, 5.74) is 7.76. The van der Waals surface area contributed by atoms with Crippen molar-refractivity contribution >= 4 is 27.9 Å². The molecule has 0 atom stereocenters. The van der Waals surface area contributed by atoms with Gasteiger partial charge in [0.25, 0.3) is 0 Å². The van der Waals surface area contributed by atoms with Crippen molar-refractivity contribution in [2.24, 2.45) is 0 Å². The lowest BCUT2D eigenvalue weighted by Crippen LogP contribution is -2.23. The minimum Gasteiger partial charge on any atom is -0.399 e. The van der Waals surface area contributed by atoms with Crippen molar-refractivity contribution in [1.29, 1.82) is 0 Å². The fraction of sp³-hybridized carbons (Fsp3) is 0.125. The first kappa shape index (κ1) is 15.3. The minimum atomic E-state index is -3.53. The SMILES string of the molecule is CN(C)S(=O)(=O)c1cc(N)ccc1C=Cc1ccccc1. The zero-order valence-corrected chi connectivity index (χ0v) is 12.8. The number of nitrogen functional groups attached to an aromatic ring is 1. The molecule has 0 radical (unpaired) electrons. The molecule has 0 saturated carbocycles. The minimum absolute atomic E-state index is 0.208. The average Bonchev–Trinajstić information content (AvgIpc) is 2.46. The molecule has 2 aromatic carbocycles. The Morgan fingerprint density at radius 1 is 1.00 bits per heavy atom. The third-order valence-electron chi connectivity index (χ3n) is 3.05. The van der Waals surface area contributed by atoms with Gasteiger partial charge in [-0.05, 0) is 23.3 Å². The molecule has 4 nitrogen and oxygen atoms in total. The average molecular weight is 302 g/mol. The molecule has 110 valence electrons. The summed E-state index contributed by atoms with van der Waals surface area (Å²) in [7, 11) is -0.526. The van der Waals surface area contributed by atoms with E-state index in [1.807, 2.05) is 36.4 Å². The van der Waals surface area contributed by atoms with E-state index >= 15 is 0 Å². The summed E-state index contributed by atoms with van der Waals surface area (Å²) >= 11 is 0. The van der Waals surface area contributed by atoms with E-state index in [1.54, 1.807) is 18.2 Å². The zero-order valence-electron chi connectivity index (χ0n) is 12.0. The Morgan fingerprint density at radius 2 is 1.67 bits per heavy atom. The molecule has 0 spiro atoms. The zero-order chi connectivity index (χ0) is 15.5. The molecule has 0 aliphatic rings. The van der Waals surface area contributed by atoms with Gasteiger partial charge in [-0.1, -0.05) is 48.6 Å². The number of hydrogen-bond donors (Lipinski definition) is 1. The predicted molar refractivity (Wildman–Crippen MR) is 87.1 cm³/mol. The van der Waals surface area contributed by atoms with Crippen LogP contribution in [-0.2, 0) is 10.0 Å². The second kappa shape index (κ2) is 6.11. The van der Waals surface area contributed by atoms with Crippen LogP contribution in [0.2, 0.25) is 0 Å². The lowest BCUT2D eigenvalue weighted by atomic mass is 10.1. The number of nitrogens with zero attached hydrogens (tertiary/aromatic N) is 1. The van der Waals surface area contributed by atoms with Crippen LogP contribution in [0.1, 0.15) is 11.1 Å². The highest BCUT2D eigenvalue weighted by atomic mass is 32.2. The first-order chi connectivity index (χ1) is 9.91. The van der Waals surface area contributed by atoms with E-state index in [4.69, 9.17) is 5.73 Å². The lowest BCUT2D eigenvalue weighted by molar-refractivity contribution is 0.520. The van der Waals surface area contributed by atoms with Gasteiger partial charge in [-0.2, -0.15) is 0 Å². The molecular weight excluding hydrogens is 284 g/mol. The van der Waals surface area contributed by atoms with Gasteiger partial charge in [0.05, 0.1) is 4.90 Å². The summed E-state index contributed by atoms with van der Waals surface area (Å²) in [4.78, 5) is 0.208. The highest BCUT2D eigenvalue weighted by molar-refractivity contribution is 7.89. The summed E-state index contributed by atoms with van der Waals surface area (Å²) in [6, 6.07) is 14.6. The van der Waals surface area contributed by atoms with Crippen molar-refractivity contribution in [2.45, 2.75) is 4.90 Å². The summed E-state index contributed by atoms with van der Waals surface area (Å²) in [5, 5.41) is 0. The van der Waals surface area contributed by atoms with E-state index in [2.05, 4.69) is 0 Å². The standard InChI is InChI=1S/C16H18N2O2S/c1-18(2)21(19,20)16-12-15(17)11-10-14(16)9-8-13-6-4-3-5-7-13/h3-12H,17H2,1-2H3. The van der Waals surface area contributed by atoms with Crippen LogP contribution in [0.25, 0.3) is 12.2 Å². The van der Waals surface area contributed by atoms with Gasteiger partial charge in [0.1, 0.15) is 0 Å². The molecule has 0 unspecified atom stereocenters. The molecule has 0 heterocycles. The molecule has 0 amide bonds. The van der Waals surface area contributed by atoms with Crippen molar-refractivity contribution in [1.82, 2.24) is 4.31 Å². The van der Waals surface area contributed by atoms with Crippen LogP contribution >= 0.6 is 0 Å². The van der Waals surface area contributed by atoms with Gasteiger partial charge in [-0.15, -0.1) is 0 Å². The molecule has 2 rings (SSSR count). The van der Waals surface area contributed by atoms with Crippen molar-refractivity contribution < 1.29 is 8.42 Å². The molecule has 21 heavy (non-hydrogen) atoms. The van der Waals surface area contributed by atoms with Crippen LogP contribution in [0, 0.1) is 0 Å². The first-order valence-electron chi connectivity index (χ1n) is 6.46. The molecule has 2 aromatic rings. The van der Waals surface area contributed by atoms with Gasteiger partial charge in [0.2, 0.25) is 10.0 Å². The number of sulfonamides is 1. The van der Waals surface area contributed by atoms with Crippen molar-refractivity contribution in [3.8, 4) is 0 Å². The molecular formula is C16H18N2O2S. The molecule has 0 saturated heterocycles. The fourth-order valence-corrected chi connectivity index (χ4v) is 2.97. The summed E-state index contributed by atoms with van der Waals surface area (Å²) in [6.45, 7) is 0. The largest absolute Gasteiger partial charge is 0.399 e. The number of benzene rings is 2. The maximum Gasteiger partial charge on any atom is 0.243 e. The molecule has 0 bridgehead atoms. The smallest absolute Gasteiger partial charge is 0.243 e. The third kappa shape index (κ3) is 3.51. The second-order valence-corrected chi connectivity index (χ2v) is 6.95. The molecule has 0 aromatic heterocycles. The highest BCUT2D eigenvalue weighted by Crippen LogP contribution is 2.23. The molecule has 2 N–H and O–H groups in total. The van der Waals surface area contributed by atoms with Gasteiger partial charge in [-0.25, -0.2) is 12.7 Å². The van der Waals surface area contributed by atoms with Gasteiger partial charge < -0.3 is 5.73 Å². The Hall–Kier alpha value is -2.11. The molecule has 0 aliphatic carbocycles. The number of hydrogen-bond acceptors (Lipinski definition) is 3. The summed E-state index contributed by atoms with van der Waals surface area (Å²) in [6.07, 6.45) is 3.66. The Kier molecular flexibility index (Phi) is 4.45. The Bertz CT molecular complexity index is 751. The number of anilines is 1. The van der Waals surface area contributed by atoms with Crippen molar-refractivity contribution in [3.63, 3.8) is 0 Å². The Labute approximate surface area is 125 Å². The number of rotatable bonds is 4. The highest BCUT2D eigenvalue weighted by Gasteiger charge is 2.20. The van der Waals surface area contributed by atoms with E-state index in [1.165, 1.54) is 24.5 Å². The third-order valence-corrected chi connectivity index (χ3v) is 4.92. The second-order valence-electron chi connectivity index (χ2n) is 4.83. The Balaban J connectivity index is 2.48. The molecule has 5 heteroatoms. The van der Waals surface area contributed by atoms with Crippen LogP contribution in [-0.4, -0.2) is 26.8 Å². The molecule has 0 aliphatic heterocycles. The van der Waals surface area contributed by atoms with E-state index in [0.29, 0.717) is 11.3 Å². The quantitative estimate of drug-likeness (QED) is 0.697. The summed E-state index contributed by atoms with van der Waals surface area (Å²) < 4.78 is 25.9. The molecule has 0 fully saturated rings. The van der Waals surface area contributed by atoms with Crippen LogP contribution in [0.5, 0.6) is 0 Å². The monoisotopic (exact) mass is 302 g/mol. The van der Waals surface area contributed by atoms with Crippen molar-refractivity contribution in [3.05, 3.63) is 59.7 Å². The normalized spacial score (nSPS) is 12.1. The summed E-state index contributed by atoms with van der Waals surface area (Å²) in [5.74, 6) is 0. The maximum atomic E-state index is 12.4. The van der Waals surface area contributed by atoms with E-state index < -0.39 is 10.0 Å². The van der Waals surface area contributed by atoms with Crippen molar-refractivity contribution in [2.75, 3.05) is 19.8 Å². The van der Waals surface area contributed by atoms with Gasteiger partial charge >= 0.3 is 0 Å². The maximum absolute atomic E-state index is 12.4. The lowest BCUT2D eigenvalue weighted by Gasteiger charge is -2.14.